The van der Waals surface area contributed by atoms with Crippen LogP contribution in [0.2, 0.25) is 0 Å². The lowest BCUT2D eigenvalue weighted by Gasteiger charge is -2.47. The lowest BCUT2D eigenvalue weighted by Crippen LogP contribution is -2.63. The Balaban J connectivity index is 1.48. The number of aromatic nitrogens is 2. The fourth-order valence-electron chi connectivity index (χ4n) is 3.85. The zero-order valence-corrected chi connectivity index (χ0v) is 14.8. The second-order valence-electron chi connectivity index (χ2n) is 7.79. The Labute approximate surface area is 146 Å². The van der Waals surface area contributed by atoms with Crippen LogP contribution < -0.4 is 0 Å². The first kappa shape index (κ1) is 16.3. The van der Waals surface area contributed by atoms with Crippen LogP contribution in [0.25, 0.3) is 11.3 Å². The van der Waals surface area contributed by atoms with Crippen LogP contribution >= 0.6 is 0 Å². The van der Waals surface area contributed by atoms with Crippen LogP contribution in [-0.2, 0) is 4.74 Å². The van der Waals surface area contributed by atoms with Crippen molar-refractivity contribution in [2.45, 2.75) is 38.4 Å². The summed E-state index contributed by atoms with van der Waals surface area (Å²) in [4.78, 5) is 14.4. The molecule has 1 aromatic carbocycles. The molecule has 1 atom stereocenters. The van der Waals surface area contributed by atoms with Crippen molar-refractivity contribution in [3.63, 3.8) is 0 Å². The average molecular weight is 341 g/mol. The number of carbonyl (C=O) groups is 1. The van der Waals surface area contributed by atoms with Crippen LogP contribution in [0.3, 0.4) is 0 Å². The van der Waals surface area contributed by atoms with Gasteiger partial charge in [-0.3, -0.25) is 9.89 Å². The van der Waals surface area contributed by atoms with E-state index in [-0.39, 0.29) is 11.5 Å². The van der Waals surface area contributed by atoms with Crippen LogP contribution in [0.5, 0.6) is 0 Å². The summed E-state index contributed by atoms with van der Waals surface area (Å²) in [6, 6.07) is 8.00. The van der Waals surface area contributed by atoms with Crippen LogP contribution in [0.4, 0.5) is 0 Å². The Hall–Kier alpha value is -2.18. The number of likely N-dealkylation sites (tertiary alicyclic amines) is 1. The molecule has 6 heteroatoms. The first-order chi connectivity index (χ1) is 11.8. The number of carbonyl (C=O) groups excluding carboxylic acids is 1. The summed E-state index contributed by atoms with van der Waals surface area (Å²) < 4.78 is 5.74. The number of aryl methyl sites for hydroxylation is 2. The molecule has 2 aliphatic rings. The fraction of sp³-hybridized carbons (Fsp3) is 0.474. The molecule has 1 amide bonds. The quantitative estimate of drug-likeness (QED) is 0.876. The van der Waals surface area contributed by atoms with Gasteiger partial charge in [0.25, 0.3) is 5.91 Å². The second-order valence-corrected chi connectivity index (χ2v) is 7.79. The molecule has 132 valence electrons. The van der Waals surface area contributed by atoms with Gasteiger partial charge in [-0.05, 0) is 38.5 Å². The monoisotopic (exact) mass is 341 g/mol. The van der Waals surface area contributed by atoms with Gasteiger partial charge in [0.15, 0.2) is 0 Å². The van der Waals surface area contributed by atoms with Crippen LogP contribution in [0.15, 0.2) is 24.3 Å². The highest BCUT2D eigenvalue weighted by atomic mass is 16.5. The minimum atomic E-state index is -0.793. The highest BCUT2D eigenvalue weighted by Gasteiger charge is 2.54. The van der Waals surface area contributed by atoms with Gasteiger partial charge in [0.2, 0.25) is 0 Å². The van der Waals surface area contributed by atoms with Crippen LogP contribution in [-0.4, -0.2) is 57.0 Å². The van der Waals surface area contributed by atoms with Crippen molar-refractivity contribution in [1.82, 2.24) is 15.1 Å². The molecule has 6 nitrogen and oxygen atoms in total. The number of ether oxygens (including phenoxy) is 1. The second kappa shape index (κ2) is 5.41. The summed E-state index contributed by atoms with van der Waals surface area (Å²) in [6.07, 6.45) is 0.570. The van der Waals surface area contributed by atoms with Gasteiger partial charge in [0, 0.05) is 12.0 Å². The molecule has 25 heavy (non-hydrogen) atoms. The van der Waals surface area contributed by atoms with Gasteiger partial charge in [-0.2, -0.15) is 5.10 Å². The van der Waals surface area contributed by atoms with Gasteiger partial charge >= 0.3 is 0 Å². The van der Waals surface area contributed by atoms with Gasteiger partial charge in [-0.1, -0.05) is 17.7 Å². The maximum atomic E-state index is 12.7. The molecule has 3 heterocycles. The number of hydrogen-bond acceptors (Lipinski definition) is 4. The third kappa shape index (κ3) is 2.85. The predicted octanol–water partition coefficient (Wildman–Crippen LogP) is 2.06. The van der Waals surface area contributed by atoms with Crippen molar-refractivity contribution < 1.29 is 14.6 Å². The van der Waals surface area contributed by atoms with Crippen molar-refractivity contribution >= 4 is 5.91 Å². The highest BCUT2D eigenvalue weighted by molar-refractivity contribution is 5.94. The first-order valence-electron chi connectivity index (χ1n) is 8.56. The Morgan fingerprint density at radius 1 is 1.32 bits per heavy atom. The molecular formula is C19H23N3O3. The van der Waals surface area contributed by atoms with Crippen molar-refractivity contribution in [2.75, 3.05) is 19.7 Å². The molecule has 2 aliphatic heterocycles. The molecule has 0 aliphatic carbocycles. The minimum Gasteiger partial charge on any atom is -0.388 e. The average Bonchev–Trinajstić information content (AvgIpc) is 3.12. The van der Waals surface area contributed by atoms with Crippen molar-refractivity contribution in [2.24, 2.45) is 0 Å². The first-order valence-corrected chi connectivity index (χ1v) is 8.56. The highest BCUT2D eigenvalue weighted by Crippen LogP contribution is 2.40. The molecule has 0 bridgehead atoms. The fourth-order valence-corrected chi connectivity index (χ4v) is 3.85. The van der Waals surface area contributed by atoms with Crippen LogP contribution in [0.1, 0.15) is 35.0 Å². The van der Waals surface area contributed by atoms with E-state index in [2.05, 4.69) is 28.4 Å². The number of hydrogen-bond donors (Lipinski definition) is 2. The van der Waals surface area contributed by atoms with E-state index < -0.39 is 5.60 Å². The minimum absolute atomic E-state index is 0.0789. The molecule has 4 rings (SSSR count). The van der Waals surface area contributed by atoms with Gasteiger partial charge in [0.1, 0.15) is 11.3 Å². The number of benzene rings is 1. The number of nitrogens with one attached hydrogen (secondary N) is 1. The number of aromatic amines is 1. The Bertz CT molecular complexity index is 834. The summed E-state index contributed by atoms with van der Waals surface area (Å²) in [5, 5.41) is 17.3. The molecule has 0 radical (unpaired) electrons. The molecule has 2 fully saturated rings. The van der Waals surface area contributed by atoms with Gasteiger partial charge in [0.05, 0.1) is 31.0 Å². The van der Waals surface area contributed by atoms with E-state index in [9.17, 15) is 9.90 Å². The van der Waals surface area contributed by atoms with E-state index in [4.69, 9.17) is 4.74 Å². The van der Waals surface area contributed by atoms with Crippen molar-refractivity contribution in [1.29, 1.82) is 0 Å². The van der Waals surface area contributed by atoms with E-state index in [1.807, 2.05) is 13.8 Å². The Kier molecular flexibility index (Phi) is 3.53. The van der Waals surface area contributed by atoms with E-state index >= 15 is 0 Å². The normalized spacial score (nSPS) is 24.6. The van der Waals surface area contributed by atoms with Gasteiger partial charge < -0.3 is 14.7 Å². The number of nitrogens with zero attached hydrogens (tertiary/aromatic N) is 2. The smallest absolute Gasteiger partial charge is 0.272 e. The van der Waals surface area contributed by atoms with Gasteiger partial charge in [-0.15, -0.1) is 0 Å². The SMILES string of the molecule is Cc1ccc(C)c(-c2cc(C(=O)N3CC4(C3)CC(C)(O)CO4)[nH]n2)c1. The largest absolute Gasteiger partial charge is 0.388 e. The zero-order valence-electron chi connectivity index (χ0n) is 14.8. The van der Waals surface area contributed by atoms with Crippen molar-refractivity contribution in [3.05, 3.63) is 41.1 Å². The number of aliphatic hydroxyl groups is 1. The lowest BCUT2D eigenvalue weighted by molar-refractivity contribution is -0.0956. The topological polar surface area (TPSA) is 78.5 Å². The molecule has 1 spiro atoms. The zero-order chi connectivity index (χ0) is 17.8. The van der Waals surface area contributed by atoms with E-state index in [0.29, 0.717) is 31.8 Å². The molecule has 2 aromatic rings. The summed E-state index contributed by atoms with van der Waals surface area (Å²) in [6.45, 7) is 7.21. The van der Waals surface area contributed by atoms with Crippen molar-refractivity contribution in [3.8, 4) is 11.3 Å². The van der Waals surface area contributed by atoms with Crippen LogP contribution in [0, 0.1) is 13.8 Å². The third-order valence-electron chi connectivity index (χ3n) is 5.11. The number of rotatable bonds is 2. The molecule has 2 N–H and O–H groups in total. The third-order valence-corrected chi connectivity index (χ3v) is 5.11. The molecule has 0 saturated carbocycles. The molecule has 2 saturated heterocycles. The summed E-state index contributed by atoms with van der Waals surface area (Å²) in [5.74, 6) is -0.0789. The maximum Gasteiger partial charge on any atom is 0.272 e. The predicted molar refractivity (Wildman–Crippen MR) is 93.3 cm³/mol. The standard InChI is InChI=1S/C19H23N3O3/c1-12-4-5-13(2)14(6-12)15-7-16(21-20-15)17(23)22-9-19(10-22)8-18(3,24)11-25-19/h4-7,24H,8-11H2,1-3H3,(H,20,21). The van der Waals surface area contributed by atoms with Gasteiger partial charge in [-0.25, -0.2) is 0 Å². The number of amides is 1. The van der Waals surface area contributed by atoms with E-state index in [1.165, 1.54) is 0 Å². The van der Waals surface area contributed by atoms with E-state index in [1.54, 1.807) is 17.9 Å². The Morgan fingerprint density at radius 3 is 2.76 bits per heavy atom. The summed E-state index contributed by atoms with van der Waals surface area (Å²) in [5.41, 5.74) is 3.40. The molecular weight excluding hydrogens is 318 g/mol. The van der Waals surface area contributed by atoms with E-state index in [0.717, 1.165) is 22.4 Å². The molecule has 1 aromatic heterocycles. The number of H-pyrrole nitrogens is 1. The molecule has 1 unspecified atom stereocenters. The Morgan fingerprint density at radius 2 is 2.08 bits per heavy atom. The summed E-state index contributed by atoms with van der Waals surface area (Å²) >= 11 is 0. The lowest BCUT2D eigenvalue weighted by atomic mass is 9.85. The maximum absolute atomic E-state index is 12.7. The summed E-state index contributed by atoms with van der Waals surface area (Å²) in [7, 11) is 0.